The van der Waals surface area contributed by atoms with Gasteiger partial charge in [-0.2, -0.15) is 0 Å². The molecule has 1 aliphatic rings. The molecule has 3 rings (SSSR count). The fraction of sp³-hybridized carbons (Fsp3) is 0.118. The van der Waals surface area contributed by atoms with Crippen molar-refractivity contribution >= 4 is 28.2 Å². The standard InChI is InChI=1S/C17H12F2O4S/c18-12-4-2-11(3-5-12)16-14(8-23-17(16)20)13-6-1-10(7-15(13)19)9-24(21)22/h1-7H,8-9H2,(H,21,22). The fourth-order valence-corrected chi connectivity index (χ4v) is 3.03. The average Bonchev–Trinajstić information content (AvgIpc) is 2.89. The van der Waals surface area contributed by atoms with E-state index in [4.69, 9.17) is 9.29 Å². The second-order valence-electron chi connectivity index (χ2n) is 5.22. The molecule has 1 aliphatic heterocycles. The Bertz CT molecular complexity index is 859. The maximum atomic E-state index is 14.4. The van der Waals surface area contributed by atoms with Crippen molar-refractivity contribution in [3.63, 3.8) is 0 Å². The number of benzene rings is 2. The molecule has 0 saturated heterocycles. The number of hydrogen-bond acceptors (Lipinski definition) is 3. The van der Waals surface area contributed by atoms with Gasteiger partial charge in [-0.1, -0.05) is 24.3 Å². The van der Waals surface area contributed by atoms with Crippen LogP contribution in [0.2, 0.25) is 0 Å². The number of carbonyl (C=O) groups is 1. The molecular formula is C17H12F2O4S. The van der Waals surface area contributed by atoms with E-state index in [1.54, 1.807) is 0 Å². The van der Waals surface area contributed by atoms with Crippen molar-refractivity contribution in [1.29, 1.82) is 0 Å². The van der Waals surface area contributed by atoms with Gasteiger partial charge in [-0.25, -0.2) is 17.8 Å². The number of ether oxygens (including phenoxy) is 1. The third kappa shape index (κ3) is 3.27. The normalized spacial score (nSPS) is 15.5. The predicted octanol–water partition coefficient (Wildman–Crippen LogP) is 3.15. The lowest BCUT2D eigenvalue weighted by molar-refractivity contribution is -0.133. The molecule has 1 unspecified atom stereocenters. The summed E-state index contributed by atoms with van der Waals surface area (Å²) in [6.45, 7) is -0.0895. The second kappa shape index (κ2) is 6.62. The minimum absolute atomic E-state index is 0.0895. The first-order valence-electron chi connectivity index (χ1n) is 6.98. The first-order valence-corrected chi connectivity index (χ1v) is 8.26. The molecule has 2 aromatic rings. The molecule has 1 atom stereocenters. The molecule has 0 aromatic heterocycles. The van der Waals surface area contributed by atoms with Crippen LogP contribution < -0.4 is 0 Å². The molecule has 2 aromatic carbocycles. The molecular weight excluding hydrogens is 338 g/mol. The molecule has 0 fully saturated rings. The number of rotatable bonds is 4. The van der Waals surface area contributed by atoms with Gasteiger partial charge in [-0.05, 0) is 29.3 Å². The first kappa shape index (κ1) is 16.5. The highest BCUT2D eigenvalue weighted by molar-refractivity contribution is 7.78. The summed E-state index contributed by atoms with van der Waals surface area (Å²) in [5.74, 6) is -1.85. The molecule has 0 radical (unpaired) electrons. The molecule has 1 N–H and O–H groups in total. The third-order valence-electron chi connectivity index (χ3n) is 3.64. The van der Waals surface area contributed by atoms with Crippen LogP contribution in [0.25, 0.3) is 11.1 Å². The lowest BCUT2D eigenvalue weighted by Crippen LogP contribution is -1.99. The van der Waals surface area contributed by atoms with Crippen LogP contribution in [0, 0.1) is 11.6 Å². The highest BCUT2D eigenvalue weighted by Gasteiger charge is 2.28. The van der Waals surface area contributed by atoms with Gasteiger partial charge < -0.3 is 9.29 Å². The highest BCUT2D eigenvalue weighted by atomic mass is 32.2. The number of esters is 1. The Morgan fingerprint density at radius 3 is 2.46 bits per heavy atom. The van der Waals surface area contributed by atoms with Gasteiger partial charge in [0, 0.05) is 11.1 Å². The van der Waals surface area contributed by atoms with Crippen LogP contribution in [0.4, 0.5) is 8.78 Å². The monoisotopic (exact) mass is 350 g/mol. The van der Waals surface area contributed by atoms with Crippen molar-refractivity contribution < 1.29 is 27.1 Å². The maximum Gasteiger partial charge on any atom is 0.339 e. The molecule has 0 amide bonds. The van der Waals surface area contributed by atoms with Crippen LogP contribution in [0.15, 0.2) is 42.5 Å². The molecule has 1 heterocycles. The van der Waals surface area contributed by atoms with Crippen LogP contribution in [0.5, 0.6) is 0 Å². The maximum absolute atomic E-state index is 14.4. The van der Waals surface area contributed by atoms with Crippen molar-refractivity contribution in [2.24, 2.45) is 0 Å². The molecule has 0 aliphatic carbocycles. The number of carbonyl (C=O) groups excluding carboxylic acids is 1. The van der Waals surface area contributed by atoms with Gasteiger partial charge in [0.2, 0.25) is 0 Å². The third-order valence-corrected chi connectivity index (χ3v) is 4.22. The Morgan fingerprint density at radius 2 is 1.83 bits per heavy atom. The fourth-order valence-electron chi connectivity index (χ4n) is 2.56. The van der Waals surface area contributed by atoms with E-state index in [0.717, 1.165) is 6.07 Å². The van der Waals surface area contributed by atoms with E-state index in [-0.39, 0.29) is 23.5 Å². The summed E-state index contributed by atoms with van der Waals surface area (Å²) in [5, 5.41) is 0. The minimum Gasteiger partial charge on any atom is -0.457 e. The van der Waals surface area contributed by atoms with Gasteiger partial charge in [0.05, 0.1) is 11.3 Å². The summed E-state index contributed by atoms with van der Waals surface area (Å²) in [4.78, 5) is 12.0. The number of hydrogen-bond donors (Lipinski definition) is 1. The van der Waals surface area contributed by atoms with E-state index >= 15 is 0 Å². The summed E-state index contributed by atoms with van der Waals surface area (Å²) >= 11 is -2.07. The Hall–Kier alpha value is -2.38. The summed E-state index contributed by atoms with van der Waals surface area (Å²) < 4.78 is 52.1. The van der Waals surface area contributed by atoms with Gasteiger partial charge in [0.25, 0.3) is 0 Å². The van der Waals surface area contributed by atoms with E-state index in [9.17, 15) is 17.8 Å². The van der Waals surface area contributed by atoms with Crippen LogP contribution in [0.1, 0.15) is 16.7 Å². The Kier molecular flexibility index (Phi) is 4.55. The Balaban J connectivity index is 2.07. The van der Waals surface area contributed by atoms with Crippen molar-refractivity contribution in [1.82, 2.24) is 0 Å². The van der Waals surface area contributed by atoms with Crippen molar-refractivity contribution in [2.75, 3.05) is 6.61 Å². The summed E-state index contributed by atoms with van der Waals surface area (Å²) in [6, 6.07) is 9.39. The average molecular weight is 350 g/mol. The Labute approximate surface area is 139 Å². The molecule has 7 heteroatoms. The smallest absolute Gasteiger partial charge is 0.339 e. The molecule has 4 nitrogen and oxygen atoms in total. The number of halogens is 2. The zero-order valence-corrected chi connectivity index (χ0v) is 13.1. The summed E-state index contributed by atoms with van der Waals surface area (Å²) in [6.07, 6.45) is 0. The van der Waals surface area contributed by atoms with Gasteiger partial charge in [-0.15, -0.1) is 0 Å². The molecule has 24 heavy (non-hydrogen) atoms. The van der Waals surface area contributed by atoms with Crippen LogP contribution in [0.3, 0.4) is 0 Å². The highest BCUT2D eigenvalue weighted by Crippen LogP contribution is 2.34. The SMILES string of the molecule is O=C1OCC(c2ccc(CS(=O)O)cc2F)=C1c1ccc(F)cc1. The minimum atomic E-state index is -2.07. The van der Waals surface area contributed by atoms with Gasteiger partial charge >= 0.3 is 5.97 Å². The van der Waals surface area contributed by atoms with Crippen molar-refractivity contribution in [3.05, 3.63) is 70.8 Å². The van der Waals surface area contributed by atoms with Gasteiger partial charge in [-0.3, -0.25) is 0 Å². The van der Waals surface area contributed by atoms with E-state index in [2.05, 4.69) is 0 Å². The summed E-state index contributed by atoms with van der Waals surface area (Å²) in [5.41, 5.74) is 1.53. The van der Waals surface area contributed by atoms with Crippen molar-refractivity contribution in [2.45, 2.75) is 5.75 Å². The zero-order valence-electron chi connectivity index (χ0n) is 12.3. The van der Waals surface area contributed by atoms with E-state index in [1.165, 1.54) is 36.4 Å². The Morgan fingerprint density at radius 1 is 1.12 bits per heavy atom. The summed E-state index contributed by atoms with van der Waals surface area (Å²) in [7, 11) is 0. The molecule has 124 valence electrons. The van der Waals surface area contributed by atoms with Crippen molar-refractivity contribution in [3.8, 4) is 0 Å². The van der Waals surface area contributed by atoms with Gasteiger partial charge in [0.15, 0.2) is 11.1 Å². The predicted molar refractivity (Wildman–Crippen MR) is 85.0 cm³/mol. The lowest BCUT2D eigenvalue weighted by atomic mass is 9.95. The first-order chi connectivity index (χ1) is 11.5. The van der Waals surface area contributed by atoms with Crippen LogP contribution >= 0.6 is 0 Å². The second-order valence-corrected chi connectivity index (χ2v) is 6.15. The number of cyclic esters (lactones) is 1. The lowest BCUT2D eigenvalue weighted by Gasteiger charge is -2.07. The van der Waals surface area contributed by atoms with E-state index in [0.29, 0.717) is 16.7 Å². The van der Waals surface area contributed by atoms with Crippen LogP contribution in [-0.2, 0) is 26.4 Å². The topological polar surface area (TPSA) is 63.6 Å². The molecule has 0 spiro atoms. The van der Waals surface area contributed by atoms with Gasteiger partial charge in [0.1, 0.15) is 18.2 Å². The van der Waals surface area contributed by atoms with E-state index < -0.39 is 28.7 Å². The van der Waals surface area contributed by atoms with Crippen LogP contribution in [-0.4, -0.2) is 21.3 Å². The molecule has 0 saturated carbocycles. The zero-order chi connectivity index (χ0) is 17.3. The van der Waals surface area contributed by atoms with E-state index in [1.807, 2.05) is 0 Å². The quantitative estimate of drug-likeness (QED) is 0.680. The molecule has 0 bridgehead atoms. The largest absolute Gasteiger partial charge is 0.457 e.